The molecular weight excluding hydrogens is 374 g/mol. The van der Waals surface area contributed by atoms with Gasteiger partial charge < -0.3 is 10.6 Å². The van der Waals surface area contributed by atoms with Crippen molar-refractivity contribution in [3.8, 4) is 0 Å². The van der Waals surface area contributed by atoms with Crippen LogP contribution in [-0.2, 0) is 0 Å². The summed E-state index contributed by atoms with van der Waals surface area (Å²) in [5.74, 6) is -0.136. The molecule has 1 aromatic rings. The van der Waals surface area contributed by atoms with Gasteiger partial charge >= 0.3 is 0 Å². The summed E-state index contributed by atoms with van der Waals surface area (Å²) in [4.78, 5) is 11.8. The molecule has 0 saturated carbocycles. The summed E-state index contributed by atoms with van der Waals surface area (Å²) in [5.41, 5.74) is 0.519. The van der Waals surface area contributed by atoms with Gasteiger partial charge in [0, 0.05) is 16.2 Å². The predicted molar refractivity (Wildman–Crippen MR) is 82.3 cm³/mol. The largest absolute Gasteiger partial charge is 0.350 e. The molecule has 1 amide bonds. The average Bonchev–Trinajstić information content (AvgIpc) is 2.25. The van der Waals surface area contributed by atoms with Gasteiger partial charge in [0.1, 0.15) is 0 Å². The van der Waals surface area contributed by atoms with E-state index in [1.807, 2.05) is 20.0 Å². The molecule has 0 aliphatic heterocycles. The minimum Gasteiger partial charge on any atom is -0.350 e. The van der Waals surface area contributed by atoms with E-state index in [2.05, 4.69) is 33.2 Å². The van der Waals surface area contributed by atoms with Gasteiger partial charge in [-0.3, -0.25) is 4.79 Å². The molecule has 0 radical (unpaired) electrons. The van der Waals surface area contributed by atoms with E-state index >= 15 is 0 Å². The van der Waals surface area contributed by atoms with Crippen LogP contribution in [-0.4, -0.2) is 25.5 Å². The van der Waals surface area contributed by atoms with Gasteiger partial charge in [0.15, 0.2) is 0 Å². The molecular formula is C11H15Cl2IN2O. The van der Waals surface area contributed by atoms with Crippen molar-refractivity contribution in [2.24, 2.45) is 0 Å². The lowest BCUT2D eigenvalue weighted by molar-refractivity contribution is 0.0950. The summed E-state index contributed by atoms with van der Waals surface area (Å²) in [6.07, 6.45) is 0. The minimum atomic E-state index is -0.136. The highest BCUT2D eigenvalue weighted by atomic mass is 127. The number of benzene rings is 1. The molecule has 0 bridgehead atoms. The van der Waals surface area contributed by atoms with Gasteiger partial charge in [-0.05, 0) is 54.8 Å². The van der Waals surface area contributed by atoms with E-state index in [0.29, 0.717) is 17.1 Å². The van der Waals surface area contributed by atoms with Crippen LogP contribution < -0.4 is 10.6 Å². The number of carbonyl (C=O) groups is 1. The summed E-state index contributed by atoms with van der Waals surface area (Å²) < 4.78 is 1.02. The molecule has 0 heterocycles. The van der Waals surface area contributed by atoms with Crippen LogP contribution in [0, 0.1) is 3.57 Å². The van der Waals surface area contributed by atoms with Crippen molar-refractivity contribution in [3.63, 3.8) is 0 Å². The third-order valence-corrected chi connectivity index (χ3v) is 3.22. The maximum atomic E-state index is 11.8. The highest BCUT2D eigenvalue weighted by Gasteiger charge is 2.10. The maximum absolute atomic E-state index is 11.8. The van der Waals surface area contributed by atoms with Crippen LogP contribution in [0.2, 0.25) is 5.02 Å². The van der Waals surface area contributed by atoms with Crippen molar-refractivity contribution >= 4 is 52.5 Å². The Morgan fingerprint density at radius 2 is 2.18 bits per heavy atom. The number of nitrogens with one attached hydrogen (secondary N) is 2. The minimum absolute atomic E-state index is 0. The molecule has 0 fully saturated rings. The van der Waals surface area contributed by atoms with Crippen molar-refractivity contribution in [1.82, 2.24) is 10.6 Å². The standard InChI is InChI=1S/C11H14ClIN2O.ClH/c1-7(14-2)6-15-11(16)9-4-3-8(13)5-10(9)12;/h3-5,7,14H,6H2,1-2H3,(H,15,16);1H. The second-order valence-corrected chi connectivity index (χ2v) is 5.18. The first kappa shape index (κ1) is 17.0. The Balaban J connectivity index is 0.00000256. The van der Waals surface area contributed by atoms with E-state index in [1.165, 1.54) is 0 Å². The van der Waals surface area contributed by atoms with Crippen LogP contribution in [0.1, 0.15) is 17.3 Å². The Hall–Kier alpha value is -0.0400. The van der Waals surface area contributed by atoms with Gasteiger partial charge in [0.25, 0.3) is 5.91 Å². The first-order valence-electron chi connectivity index (χ1n) is 4.95. The van der Waals surface area contributed by atoms with Gasteiger partial charge in [-0.15, -0.1) is 12.4 Å². The average molecular weight is 389 g/mol. The fourth-order valence-corrected chi connectivity index (χ4v) is 2.06. The van der Waals surface area contributed by atoms with Gasteiger partial charge in [-0.2, -0.15) is 0 Å². The fourth-order valence-electron chi connectivity index (χ4n) is 1.12. The molecule has 17 heavy (non-hydrogen) atoms. The summed E-state index contributed by atoms with van der Waals surface area (Å²) in [6, 6.07) is 5.62. The third kappa shape index (κ3) is 5.42. The number of carbonyl (C=O) groups excluding carboxylic acids is 1. The SMILES string of the molecule is CNC(C)CNC(=O)c1ccc(I)cc1Cl.Cl. The number of halogens is 3. The Morgan fingerprint density at radius 3 is 2.71 bits per heavy atom. The van der Waals surface area contributed by atoms with Gasteiger partial charge in [0.05, 0.1) is 10.6 Å². The van der Waals surface area contributed by atoms with Gasteiger partial charge in [0.2, 0.25) is 0 Å². The Morgan fingerprint density at radius 1 is 1.53 bits per heavy atom. The van der Waals surface area contributed by atoms with E-state index in [4.69, 9.17) is 11.6 Å². The van der Waals surface area contributed by atoms with E-state index in [1.54, 1.807) is 12.1 Å². The highest BCUT2D eigenvalue weighted by Crippen LogP contribution is 2.18. The van der Waals surface area contributed by atoms with Crippen molar-refractivity contribution in [2.45, 2.75) is 13.0 Å². The Labute approximate surface area is 126 Å². The van der Waals surface area contributed by atoms with Crippen molar-refractivity contribution < 1.29 is 4.79 Å². The number of rotatable bonds is 4. The quantitative estimate of drug-likeness (QED) is 0.778. The highest BCUT2D eigenvalue weighted by molar-refractivity contribution is 14.1. The molecule has 0 aliphatic rings. The number of likely N-dealkylation sites (N-methyl/N-ethyl adjacent to an activating group) is 1. The number of hydrogen-bond donors (Lipinski definition) is 2. The molecule has 2 N–H and O–H groups in total. The van der Waals surface area contributed by atoms with Crippen LogP contribution in [0.25, 0.3) is 0 Å². The molecule has 0 aromatic heterocycles. The van der Waals surface area contributed by atoms with Gasteiger partial charge in [-0.25, -0.2) is 0 Å². The second kappa shape index (κ2) is 8.13. The molecule has 3 nitrogen and oxygen atoms in total. The smallest absolute Gasteiger partial charge is 0.252 e. The first-order valence-corrected chi connectivity index (χ1v) is 6.40. The normalized spacial score (nSPS) is 11.5. The Kier molecular flexibility index (Phi) is 8.11. The van der Waals surface area contributed by atoms with Crippen LogP contribution in [0.3, 0.4) is 0 Å². The second-order valence-electron chi connectivity index (χ2n) is 3.52. The van der Waals surface area contributed by atoms with Crippen LogP contribution in [0.4, 0.5) is 0 Å². The van der Waals surface area contributed by atoms with Crippen molar-refractivity contribution in [2.75, 3.05) is 13.6 Å². The molecule has 1 aromatic carbocycles. The fraction of sp³-hybridized carbons (Fsp3) is 0.364. The van der Waals surface area contributed by atoms with Gasteiger partial charge in [-0.1, -0.05) is 11.6 Å². The van der Waals surface area contributed by atoms with Crippen molar-refractivity contribution in [1.29, 1.82) is 0 Å². The zero-order chi connectivity index (χ0) is 12.1. The monoisotopic (exact) mass is 388 g/mol. The zero-order valence-corrected chi connectivity index (χ0v) is 13.3. The molecule has 6 heteroatoms. The Bertz CT molecular complexity index is 388. The lowest BCUT2D eigenvalue weighted by Gasteiger charge is -2.12. The predicted octanol–water partition coefficient (Wildman–Crippen LogP) is 2.70. The molecule has 0 aliphatic carbocycles. The first-order chi connectivity index (χ1) is 7.54. The zero-order valence-electron chi connectivity index (χ0n) is 9.59. The number of hydrogen-bond acceptors (Lipinski definition) is 2. The number of amides is 1. The van der Waals surface area contributed by atoms with Crippen LogP contribution in [0.5, 0.6) is 0 Å². The van der Waals surface area contributed by atoms with E-state index in [-0.39, 0.29) is 24.4 Å². The molecule has 0 saturated heterocycles. The molecule has 1 unspecified atom stereocenters. The van der Waals surface area contributed by atoms with Crippen molar-refractivity contribution in [3.05, 3.63) is 32.4 Å². The third-order valence-electron chi connectivity index (χ3n) is 2.24. The summed E-state index contributed by atoms with van der Waals surface area (Å²) >= 11 is 8.15. The van der Waals surface area contributed by atoms with E-state index in [0.717, 1.165) is 3.57 Å². The van der Waals surface area contributed by atoms with Crippen LogP contribution in [0.15, 0.2) is 18.2 Å². The van der Waals surface area contributed by atoms with E-state index in [9.17, 15) is 4.79 Å². The molecule has 96 valence electrons. The molecule has 1 rings (SSSR count). The maximum Gasteiger partial charge on any atom is 0.252 e. The van der Waals surface area contributed by atoms with Crippen LogP contribution >= 0.6 is 46.6 Å². The lowest BCUT2D eigenvalue weighted by atomic mass is 10.2. The summed E-state index contributed by atoms with van der Waals surface area (Å²) in [7, 11) is 1.86. The molecule has 1 atom stereocenters. The summed E-state index contributed by atoms with van der Waals surface area (Å²) in [6.45, 7) is 2.58. The summed E-state index contributed by atoms with van der Waals surface area (Å²) in [5, 5.41) is 6.36. The lowest BCUT2D eigenvalue weighted by Crippen LogP contribution is -2.37. The topological polar surface area (TPSA) is 41.1 Å². The van der Waals surface area contributed by atoms with E-state index < -0.39 is 0 Å². The molecule has 0 spiro atoms.